The van der Waals surface area contributed by atoms with Gasteiger partial charge in [-0.15, -0.1) is 0 Å². The molecule has 0 bridgehead atoms. The summed E-state index contributed by atoms with van der Waals surface area (Å²) >= 11 is 0. The number of pyridine rings is 1. The molecule has 1 N–H and O–H groups in total. The summed E-state index contributed by atoms with van der Waals surface area (Å²) < 4.78 is 18.3. The fraction of sp³-hybridized carbons (Fsp3) is 0.333. The van der Waals surface area contributed by atoms with Gasteiger partial charge in [0.2, 0.25) is 17.2 Å². The zero-order valence-electron chi connectivity index (χ0n) is 18.8. The summed E-state index contributed by atoms with van der Waals surface area (Å²) in [6.07, 6.45) is 2.01. The summed E-state index contributed by atoms with van der Waals surface area (Å²) in [7, 11) is 1.53. The lowest BCUT2D eigenvalue weighted by molar-refractivity contribution is -0.118. The number of nitrogens with zero attached hydrogens (tertiary/aromatic N) is 3. The number of hydrogen-bond donors (Lipinski definition) is 1. The number of nitrogens with one attached hydrogen (secondary N) is 1. The highest BCUT2D eigenvalue weighted by Crippen LogP contribution is 2.32. The molecule has 170 valence electrons. The first-order valence-electron chi connectivity index (χ1n) is 10.7. The zero-order chi connectivity index (χ0) is 23.3. The highest BCUT2D eigenvalue weighted by Gasteiger charge is 2.29. The average molecular weight is 448 g/mol. The Balaban J connectivity index is 1.52. The number of rotatable bonds is 4. The molecule has 33 heavy (non-hydrogen) atoms. The van der Waals surface area contributed by atoms with Gasteiger partial charge in [0.1, 0.15) is 17.3 Å². The standard InChI is InChI=1S/C24H24N4O5/c1-13(21(29)26-16-7-5-6-8-18(16)31-4)28-12-25-19-15-9-14-11-32-24(2,3)10-17(14)27-22(15)33-20(19)23(28)30/h5-9,12-13H,10-11H2,1-4H3,(H,26,29). The lowest BCUT2D eigenvalue weighted by Crippen LogP contribution is -2.32. The summed E-state index contributed by atoms with van der Waals surface area (Å²) in [6, 6.07) is 8.16. The fourth-order valence-electron chi connectivity index (χ4n) is 4.04. The summed E-state index contributed by atoms with van der Waals surface area (Å²) in [4.78, 5) is 35.2. The zero-order valence-corrected chi connectivity index (χ0v) is 18.8. The summed E-state index contributed by atoms with van der Waals surface area (Å²) in [5.41, 5.74) is 2.45. The molecule has 4 heterocycles. The first-order valence-corrected chi connectivity index (χ1v) is 10.7. The van der Waals surface area contributed by atoms with Crippen molar-refractivity contribution in [1.29, 1.82) is 0 Å². The minimum absolute atomic E-state index is 0.0690. The van der Waals surface area contributed by atoms with Crippen LogP contribution in [0.4, 0.5) is 5.69 Å². The number of anilines is 1. The molecule has 0 aliphatic carbocycles. The van der Waals surface area contributed by atoms with Crippen LogP contribution in [0.15, 0.2) is 45.9 Å². The maximum atomic E-state index is 13.2. The number of aromatic nitrogens is 3. The van der Waals surface area contributed by atoms with Gasteiger partial charge in [-0.3, -0.25) is 14.2 Å². The highest BCUT2D eigenvalue weighted by molar-refractivity contribution is 6.01. The average Bonchev–Trinajstić information content (AvgIpc) is 3.15. The molecule has 0 spiro atoms. The van der Waals surface area contributed by atoms with E-state index in [1.54, 1.807) is 31.2 Å². The molecule has 9 heteroatoms. The number of methoxy groups -OCH3 is 1. The largest absolute Gasteiger partial charge is 0.495 e. The predicted octanol–water partition coefficient (Wildman–Crippen LogP) is 3.60. The number of carbonyl (C=O) groups is 1. The van der Waals surface area contributed by atoms with E-state index in [1.807, 2.05) is 19.9 Å². The molecule has 0 saturated carbocycles. The van der Waals surface area contributed by atoms with Crippen molar-refractivity contribution in [3.63, 3.8) is 0 Å². The first-order chi connectivity index (χ1) is 15.8. The van der Waals surface area contributed by atoms with Gasteiger partial charge >= 0.3 is 0 Å². The molecule has 3 aromatic heterocycles. The van der Waals surface area contributed by atoms with Gasteiger partial charge in [0, 0.05) is 12.0 Å². The van der Waals surface area contributed by atoms with E-state index in [-0.39, 0.29) is 17.1 Å². The molecule has 0 fully saturated rings. The maximum Gasteiger partial charge on any atom is 0.297 e. The van der Waals surface area contributed by atoms with Crippen LogP contribution in [0.1, 0.15) is 38.1 Å². The van der Waals surface area contributed by atoms with E-state index >= 15 is 0 Å². The van der Waals surface area contributed by atoms with Crippen LogP contribution in [0.2, 0.25) is 0 Å². The Hall–Kier alpha value is -3.72. The molecule has 1 amide bonds. The number of hydrogen-bond acceptors (Lipinski definition) is 7. The van der Waals surface area contributed by atoms with Gasteiger partial charge in [-0.2, -0.15) is 0 Å². The molecule has 4 aromatic rings. The molecule has 1 aromatic carbocycles. The Labute approximate surface area is 189 Å². The van der Waals surface area contributed by atoms with E-state index < -0.39 is 11.6 Å². The third-order valence-corrected chi connectivity index (χ3v) is 5.94. The fourth-order valence-corrected chi connectivity index (χ4v) is 4.04. The van der Waals surface area contributed by atoms with Crippen LogP contribution >= 0.6 is 0 Å². The molecule has 1 unspecified atom stereocenters. The highest BCUT2D eigenvalue weighted by atomic mass is 16.5. The predicted molar refractivity (Wildman–Crippen MR) is 122 cm³/mol. The van der Waals surface area contributed by atoms with Gasteiger partial charge in [0.05, 0.1) is 42.4 Å². The Morgan fingerprint density at radius 2 is 2.09 bits per heavy atom. The monoisotopic (exact) mass is 448 g/mol. The normalized spacial score (nSPS) is 15.9. The van der Waals surface area contributed by atoms with Crippen molar-refractivity contribution in [2.45, 2.75) is 45.4 Å². The van der Waals surface area contributed by atoms with Crippen LogP contribution < -0.4 is 15.6 Å². The molecule has 9 nitrogen and oxygen atoms in total. The Morgan fingerprint density at radius 3 is 2.88 bits per heavy atom. The Bertz CT molecular complexity index is 1450. The number of benzene rings is 1. The van der Waals surface area contributed by atoms with Gasteiger partial charge in [-0.05, 0) is 39.0 Å². The molecule has 5 rings (SSSR count). The van der Waals surface area contributed by atoms with E-state index in [2.05, 4.69) is 15.3 Å². The van der Waals surface area contributed by atoms with Crippen molar-refractivity contribution in [2.24, 2.45) is 0 Å². The molecule has 1 aliphatic rings. The summed E-state index contributed by atoms with van der Waals surface area (Å²) in [6.45, 7) is 6.09. The first kappa shape index (κ1) is 21.1. The van der Waals surface area contributed by atoms with E-state index in [9.17, 15) is 9.59 Å². The van der Waals surface area contributed by atoms with Crippen LogP contribution in [0.3, 0.4) is 0 Å². The van der Waals surface area contributed by atoms with E-state index in [0.717, 1.165) is 11.3 Å². The third-order valence-electron chi connectivity index (χ3n) is 5.94. The van der Waals surface area contributed by atoms with Gasteiger partial charge < -0.3 is 19.2 Å². The van der Waals surface area contributed by atoms with Crippen LogP contribution in [-0.2, 0) is 22.6 Å². The van der Waals surface area contributed by atoms with E-state index in [0.29, 0.717) is 41.1 Å². The van der Waals surface area contributed by atoms with Crippen LogP contribution in [-0.4, -0.2) is 33.2 Å². The second-order valence-corrected chi connectivity index (χ2v) is 8.77. The molecule has 0 saturated heterocycles. The number of ether oxygens (including phenoxy) is 2. The SMILES string of the molecule is COc1ccccc1NC(=O)C(C)n1cnc2c(oc3nc4c(cc32)COC(C)(C)C4)c1=O. The van der Waals surface area contributed by atoms with Gasteiger partial charge in [0.25, 0.3) is 5.56 Å². The topological polar surface area (TPSA) is 108 Å². The van der Waals surface area contributed by atoms with Crippen LogP contribution in [0, 0.1) is 0 Å². The second-order valence-electron chi connectivity index (χ2n) is 8.77. The molecular formula is C24H24N4O5. The number of furan rings is 1. The van der Waals surface area contributed by atoms with Crippen LogP contribution in [0.5, 0.6) is 5.75 Å². The summed E-state index contributed by atoms with van der Waals surface area (Å²) in [5, 5.41) is 3.45. The van der Waals surface area contributed by atoms with E-state index in [1.165, 1.54) is 18.0 Å². The quantitative estimate of drug-likeness (QED) is 0.508. The number of para-hydroxylation sites is 2. The van der Waals surface area contributed by atoms with Gasteiger partial charge in [0.15, 0.2) is 0 Å². The summed E-state index contributed by atoms with van der Waals surface area (Å²) in [5.74, 6) is 0.144. The minimum atomic E-state index is -0.831. The van der Waals surface area contributed by atoms with Crippen molar-refractivity contribution >= 4 is 33.8 Å². The third kappa shape index (κ3) is 3.64. The van der Waals surface area contributed by atoms with Crippen molar-refractivity contribution in [1.82, 2.24) is 14.5 Å². The molecular weight excluding hydrogens is 424 g/mol. The van der Waals surface area contributed by atoms with Crippen molar-refractivity contribution in [2.75, 3.05) is 12.4 Å². The van der Waals surface area contributed by atoms with Gasteiger partial charge in [-0.25, -0.2) is 9.97 Å². The van der Waals surface area contributed by atoms with Crippen LogP contribution in [0.25, 0.3) is 22.2 Å². The smallest absolute Gasteiger partial charge is 0.297 e. The minimum Gasteiger partial charge on any atom is -0.495 e. The van der Waals surface area contributed by atoms with Crippen molar-refractivity contribution < 1.29 is 18.7 Å². The van der Waals surface area contributed by atoms with Gasteiger partial charge in [-0.1, -0.05) is 12.1 Å². The Morgan fingerprint density at radius 1 is 1.30 bits per heavy atom. The lowest BCUT2D eigenvalue weighted by Gasteiger charge is -2.30. The van der Waals surface area contributed by atoms with Crippen molar-refractivity contribution in [3.8, 4) is 5.75 Å². The molecule has 1 atom stereocenters. The van der Waals surface area contributed by atoms with Crippen molar-refractivity contribution in [3.05, 3.63) is 58.3 Å². The number of fused-ring (bicyclic) bond motifs is 4. The molecule has 0 radical (unpaired) electrons. The number of amides is 1. The maximum absolute atomic E-state index is 13.2. The Kier molecular flexibility index (Phi) is 4.93. The van der Waals surface area contributed by atoms with E-state index in [4.69, 9.17) is 13.9 Å². The molecule has 1 aliphatic heterocycles. The lowest BCUT2D eigenvalue weighted by atomic mass is 9.95. The second kappa shape index (κ2) is 7.70. The number of carbonyl (C=O) groups excluding carboxylic acids is 1.